The molecule has 0 aliphatic carbocycles. The number of anilines is 1. The van der Waals surface area contributed by atoms with Gasteiger partial charge in [-0.1, -0.05) is 23.7 Å². The molecule has 3 aromatic rings. The van der Waals surface area contributed by atoms with Gasteiger partial charge in [0.2, 0.25) is 11.9 Å². The number of allylic oxidation sites excluding steroid dienone is 1. The summed E-state index contributed by atoms with van der Waals surface area (Å²) in [5.74, 6) is 1.75. The third-order valence-electron chi connectivity index (χ3n) is 4.23. The average Bonchev–Trinajstić information content (AvgIpc) is 3.19. The highest BCUT2D eigenvalue weighted by Gasteiger charge is 2.35. The molecule has 3 heterocycles. The number of fused-ring (bicyclic) bond motifs is 1. The van der Waals surface area contributed by atoms with Gasteiger partial charge in [-0.3, -0.25) is 4.79 Å². The molecular weight excluding hydrogens is 354 g/mol. The first-order valence-corrected chi connectivity index (χ1v) is 8.38. The van der Waals surface area contributed by atoms with Crippen LogP contribution in [0.25, 0.3) is 11.4 Å². The maximum atomic E-state index is 12.1. The smallest absolute Gasteiger partial charge is 0.249 e. The number of aryl methyl sites for hydroxylation is 1. The van der Waals surface area contributed by atoms with Crippen LogP contribution < -0.4 is 11.1 Å². The molecule has 1 amide bonds. The normalized spacial score (nSPS) is 16.3. The molecule has 0 saturated heterocycles. The summed E-state index contributed by atoms with van der Waals surface area (Å²) in [5, 5.41) is 8.27. The molecule has 4 rings (SSSR count). The van der Waals surface area contributed by atoms with Crippen LogP contribution in [-0.4, -0.2) is 20.7 Å². The number of primary amides is 1. The minimum absolute atomic E-state index is 0.384. The Kier molecular flexibility index (Phi) is 3.81. The summed E-state index contributed by atoms with van der Waals surface area (Å²) in [7, 11) is 0. The minimum atomic E-state index is -0.585. The van der Waals surface area contributed by atoms with Crippen molar-refractivity contribution in [1.82, 2.24) is 14.8 Å². The second-order valence-electron chi connectivity index (χ2n) is 6.09. The molecule has 1 atom stereocenters. The van der Waals surface area contributed by atoms with Crippen molar-refractivity contribution >= 4 is 23.5 Å². The Morgan fingerprint density at radius 3 is 2.77 bits per heavy atom. The number of benzene rings is 1. The van der Waals surface area contributed by atoms with Crippen molar-refractivity contribution in [3.8, 4) is 11.4 Å². The van der Waals surface area contributed by atoms with Crippen LogP contribution in [-0.2, 0) is 4.79 Å². The van der Waals surface area contributed by atoms with Gasteiger partial charge in [0.05, 0.1) is 5.57 Å². The molecule has 26 heavy (non-hydrogen) atoms. The zero-order chi connectivity index (χ0) is 18.4. The van der Waals surface area contributed by atoms with Gasteiger partial charge in [-0.15, -0.1) is 5.10 Å². The lowest BCUT2D eigenvalue weighted by Gasteiger charge is -2.25. The number of nitrogens with one attached hydrogen (secondary N) is 1. The summed E-state index contributed by atoms with van der Waals surface area (Å²) in [6.07, 6.45) is 0. The molecule has 8 heteroatoms. The van der Waals surface area contributed by atoms with E-state index in [4.69, 9.17) is 21.8 Å². The highest BCUT2D eigenvalue weighted by atomic mass is 35.5. The van der Waals surface area contributed by atoms with Crippen molar-refractivity contribution in [2.24, 2.45) is 5.73 Å². The van der Waals surface area contributed by atoms with E-state index in [0.29, 0.717) is 33.8 Å². The fraction of sp³-hybridized carbons (Fsp3) is 0.167. The summed E-state index contributed by atoms with van der Waals surface area (Å²) in [4.78, 5) is 16.6. The second kappa shape index (κ2) is 6.03. The maximum Gasteiger partial charge on any atom is 0.249 e. The second-order valence-corrected chi connectivity index (χ2v) is 6.53. The van der Waals surface area contributed by atoms with Gasteiger partial charge in [0.25, 0.3) is 0 Å². The molecular formula is C18H16ClN5O2. The molecule has 0 saturated carbocycles. The number of rotatable bonds is 3. The summed E-state index contributed by atoms with van der Waals surface area (Å²) in [6, 6.07) is 10.3. The van der Waals surface area contributed by atoms with Crippen LogP contribution in [0, 0.1) is 6.92 Å². The number of aromatic nitrogens is 3. The first-order chi connectivity index (χ1) is 12.4. The first kappa shape index (κ1) is 16.4. The number of hydrogen-bond acceptors (Lipinski definition) is 5. The molecule has 0 unspecified atom stereocenters. The average molecular weight is 370 g/mol. The molecule has 1 aliphatic rings. The van der Waals surface area contributed by atoms with Crippen LogP contribution in [0.2, 0.25) is 5.02 Å². The van der Waals surface area contributed by atoms with Crippen molar-refractivity contribution in [1.29, 1.82) is 0 Å². The summed E-state index contributed by atoms with van der Waals surface area (Å²) in [5.41, 5.74) is 7.40. The Morgan fingerprint density at radius 2 is 2.12 bits per heavy atom. The highest BCUT2D eigenvalue weighted by molar-refractivity contribution is 6.30. The maximum absolute atomic E-state index is 12.1. The number of hydrogen-bond donors (Lipinski definition) is 2. The topological polar surface area (TPSA) is 99.0 Å². The van der Waals surface area contributed by atoms with Gasteiger partial charge >= 0.3 is 0 Å². The van der Waals surface area contributed by atoms with E-state index in [1.807, 2.05) is 31.2 Å². The van der Waals surface area contributed by atoms with Gasteiger partial charge in [0.1, 0.15) is 17.6 Å². The monoisotopic (exact) mass is 369 g/mol. The van der Waals surface area contributed by atoms with Crippen LogP contribution in [0.4, 0.5) is 5.95 Å². The standard InChI is InChI=1S/C18H16ClN5O2/c1-9-6-7-13(26-9)15-14(16(20)25)10(2)21-18-22-17(23-24(15)18)11-4-3-5-12(19)8-11/h3-8,15H,1-2H3,(H2,20,25)(H,21,22,23)/t15-/m1/s1. The minimum Gasteiger partial charge on any atom is -0.464 e. The number of halogens is 1. The van der Waals surface area contributed by atoms with E-state index >= 15 is 0 Å². The Labute approximate surface area is 154 Å². The molecule has 2 aromatic heterocycles. The Morgan fingerprint density at radius 1 is 1.31 bits per heavy atom. The molecule has 1 aliphatic heterocycles. The molecule has 0 fully saturated rings. The van der Waals surface area contributed by atoms with Crippen LogP contribution in [0.15, 0.2) is 52.1 Å². The summed E-state index contributed by atoms with van der Waals surface area (Å²) in [6.45, 7) is 3.62. The lowest BCUT2D eigenvalue weighted by molar-refractivity contribution is -0.115. The molecule has 0 spiro atoms. The van der Waals surface area contributed by atoms with Crippen molar-refractivity contribution < 1.29 is 9.21 Å². The van der Waals surface area contributed by atoms with Gasteiger partial charge in [0, 0.05) is 16.3 Å². The van der Waals surface area contributed by atoms with Gasteiger partial charge in [-0.25, -0.2) is 4.68 Å². The molecule has 3 N–H and O–H groups in total. The van der Waals surface area contributed by atoms with E-state index in [0.717, 1.165) is 11.3 Å². The Hall–Kier alpha value is -3.06. The Bertz CT molecular complexity index is 1050. The zero-order valence-electron chi connectivity index (χ0n) is 14.2. The van der Waals surface area contributed by atoms with Crippen LogP contribution >= 0.6 is 11.6 Å². The SMILES string of the molecule is CC1=C(C(N)=O)[C@@H](c2ccc(C)o2)n2nc(-c3cccc(Cl)c3)nc2N1. The van der Waals surface area contributed by atoms with E-state index in [9.17, 15) is 4.79 Å². The van der Waals surface area contributed by atoms with E-state index in [1.165, 1.54) is 0 Å². The number of amides is 1. The molecule has 132 valence electrons. The number of furan rings is 1. The van der Waals surface area contributed by atoms with Gasteiger partial charge in [0.15, 0.2) is 5.82 Å². The predicted octanol–water partition coefficient (Wildman–Crippen LogP) is 3.27. The Balaban J connectivity index is 1.88. The fourth-order valence-corrected chi connectivity index (χ4v) is 3.27. The molecule has 1 aromatic carbocycles. The van der Waals surface area contributed by atoms with E-state index < -0.39 is 11.9 Å². The van der Waals surface area contributed by atoms with Crippen molar-refractivity contribution in [2.45, 2.75) is 19.9 Å². The molecule has 0 radical (unpaired) electrons. The zero-order valence-corrected chi connectivity index (χ0v) is 14.9. The number of nitrogens with two attached hydrogens (primary N) is 1. The third-order valence-corrected chi connectivity index (χ3v) is 4.47. The van der Waals surface area contributed by atoms with Crippen molar-refractivity contribution in [3.05, 3.63) is 64.2 Å². The van der Waals surface area contributed by atoms with Crippen molar-refractivity contribution in [3.63, 3.8) is 0 Å². The van der Waals surface area contributed by atoms with Gasteiger partial charge in [-0.05, 0) is 38.1 Å². The number of carbonyl (C=O) groups excluding carboxylic acids is 1. The van der Waals surface area contributed by atoms with Crippen LogP contribution in [0.1, 0.15) is 24.5 Å². The predicted molar refractivity (Wildman–Crippen MR) is 97.6 cm³/mol. The fourth-order valence-electron chi connectivity index (χ4n) is 3.08. The highest BCUT2D eigenvalue weighted by Crippen LogP contribution is 2.36. The molecule has 7 nitrogen and oxygen atoms in total. The third kappa shape index (κ3) is 2.66. The summed E-state index contributed by atoms with van der Waals surface area (Å²) >= 11 is 6.07. The van der Waals surface area contributed by atoms with Crippen LogP contribution in [0.3, 0.4) is 0 Å². The summed E-state index contributed by atoms with van der Waals surface area (Å²) < 4.78 is 7.38. The molecule has 0 bridgehead atoms. The largest absolute Gasteiger partial charge is 0.464 e. The first-order valence-electron chi connectivity index (χ1n) is 8.00. The van der Waals surface area contributed by atoms with Gasteiger partial charge in [-0.2, -0.15) is 4.98 Å². The van der Waals surface area contributed by atoms with E-state index in [1.54, 1.807) is 23.7 Å². The van der Waals surface area contributed by atoms with Crippen LogP contribution in [0.5, 0.6) is 0 Å². The van der Waals surface area contributed by atoms with Crippen molar-refractivity contribution in [2.75, 3.05) is 5.32 Å². The van der Waals surface area contributed by atoms with E-state index in [-0.39, 0.29) is 0 Å². The number of carbonyl (C=O) groups is 1. The lowest BCUT2D eigenvalue weighted by Crippen LogP contribution is -2.31. The van der Waals surface area contributed by atoms with Gasteiger partial charge < -0.3 is 15.5 Å². The quantitative estimate of drug-likeness (QED) is 0.738. The number of nitrogens with zero attached hydrogens (tertiary/aromatic N) is 3. The lowest BCUT2D eigenvalue weighted by atomic mass is 10.0. The van der Waals surface area contributed by atoms with E-state index in [2.05, 4.69) is 15.4 Å².